The predicted molar refractivity (Wildman–Crippen MR) is 72.7 cm³/mol. The van der Waals surface area contributed by atoms with Gasteiger partial charge in [-0.2, -0.15) is 9.97 Å². The Hall–Kier alpha value is -1.59. The lowest BCUT2D eigenvalue weighted by atomic mass is 9.96. The fourth-order valence-electron chi connectivity index (χ4n) is 1.60. The molecule has 0 unspecified atom stereocenters. The molecule has 6 heteroatoms. The minimum absolute atomic E-state index is 0.250. The van der Waals surface area contributed by atoms with Gasteiger partial charge in [-0.05, 0) is 32.1 Å². The summed E-state index contributed by atoms with van der Waals surface area (Å²) in [6.45, 7) is 5.55. The van der Waals surface area contributed by atoms with Crippen LogP contribution in [0.5, 0.6) is 12.0 Å². The van der Waals surface area contributed by atoms with Crippen LogP contribution in [0.2, 0.25) is 0 Å². The third kappa shape index (κ3) is 4.22. The number of anilines is 1. The van der Waals surface area contributed by atoms with E-state index in [0.29, 0.717) is 24.6 Å². The van der Waals surface area contributed by atoms with Crippen molar-refractivity contribution in [2.45, 2.75) is 52.1 Å². The van der Waals surface area contributed by atoms with Crippen molar-refractivity contribution in [3.05, 3.63) is 0 Å². The molecule has 1 aliphatic carbocycles. The van der Waals surface area contributed by atoms with Crippen LogP contribution in [-0.4, -0.2) is 34.2 Å². The second-order valence-corrected chi connectivity index (χ2v) is 4.67. The minimum atomic E-state index is 0.250. The van der Waals surface area contributed by atoms with E-state index in [-0.39, 0.29) is 6.10 Å². The topological polar surface area (TPSA) is 69.2 Å². The smallest absolute Gasteiger partial charge is 0.324 e. The summed E-state index contributed by atoms with van der Waals surface area (Å²) < 4.78 is 11.2. The third-order valence-electron chi connectivity index (χ3n) is 2.89. The van der Waals surface area contributed by atoms with Gasteiger partial charge in [0.1, 0.15) is 6.10 Å². The standard InChI is InChI=1S/C13H22N4O2/c1-3-8-14-11-15-12(18-9-4-2)17-13(16-11)19-10-6-5-7-10/h10H,3-9H2,1-2H3,(H,14,15,16,17). The summed E-state index contributed by atoms with van der Waals surface area (Å²) in [7, 11) is 0. The Morgan fingerprint density at radius 2 is 1.89 bits per heavy atom. The van der Waals surface area contributed by atoms with Crippen molar-refractivity contribution >= 4 is 5.95 Å². The van der Waals surface area contributed by atoms with Crippen molar-refractivity contribution in [3.63, 3.8) is 0 Å². The van der Waals surface area contributed by atoms with E-state index in [0.717, 1.165) is 32.2 Å². The minimum Gasteiger partial charge on any atom is -0.463 e. The van der Waals surface area contributed by atoms with Gasteiger partial charge in [-0.15, -0.1) is 4.98 Å². The van der Waals surface area contributed by atoms with E-state index < -0.39 is 0 Å². The van der Waals surface area contributed by atoms with Crippen LogP contribution in [0.25, 0.3) is 0 Å². The molecular formula is C13H22N4O2. The molecule has 0 spiro atoms. The molecule has 0 radical (unpaired) electrons. The van der Waals surface area contributed by atoms with Gasteiger partial charge in [0, 0.05) is 6.54 Å². The van der Waals surface area contributed by atoms with Crippen molar-refractivity contribution in [1.29, 1.82) is 0 Å². The number of rotatable bonds is 8. The van der Waals surface area contributed by atoms with Gasteiger partial charge in [0.2, 0.25) is 5.95 Å². The Bertz CT molecular complexity index is 370. The van der Waals surface area contributed by atoms with Crippen molar-refractivity contribution in [2.75, 3.05) is 18.5 Å². The molecule has 19 heavy (non-hydrogen) atoms. The van der Waals surface area contributed by atoms with Crippen LogP contribution in [-0.2, 0) is 0 Å². The predicted octanol–water partition coefficient (Wildman–Crippen LogP) is 2.41. The average Bonchev–Trinajstić information content (AvgIpc) is 2.38. The molecule has 1 heterocycles. The normalized spacial score (nSPS) is 14.8. The van der Waals surface area contributed by atoms with Crippen LogP contribution in [0.3, 0.4) is 0 Å². The first-order chi connectivity index (χ1) is 9.31. The highest BCUT2D eigenvalue weighted by Crippen LogP contribution is 2.24. The van der Waals surface area contributed by atoms with Gasteiger partial charge in [-0.1, -0.05) is 13.8 Å². The molecule has 0 aliphatic heterocycles. The fourth-order valence-corrected chi connectivity index (χ4v) is 1.60. The first kappa shape index (κ1) is 13.8. The van der Waals surface area contributed by atoms with E-state index in [9.17, 15) is 0 Å². The number of aromatic nitrogens is 3. The molecule has 6 nitrogen and oxygen atoms in total. The van der Waals surface area contributed by atoms with E-state index in [1.165, 1.54) is 6.42 Å². The van der Waals surface area contributed by atoms with Crippen LogP contribution in [0.4, 0.5) is 5.95 Å². The summed E-state index contributed by atoms with van der Waals surface area (Å²) in [5.41, 5.74) is 0. The number of hydrogen-bond donors (Lipinski definition) is 1. The van der Waals surface area contributed by atoms with Gasteiger partial charge in [-0.25, -0.2) is 0 Å². The highest BCUT2D eigenvalue weighted by molar-refractivity contribution is 5.27. The molecular weight excluding hydrogens is 244 g/mol. The fraction of sp³-hybridized carbons (Fsp3) is 0.769. The molecule has 106 valence electrons. The average molecular weight is 266 g/mol. The molecule has 1 aromatic heterocycles. The number of ether oxygens (including phenoxy) is 2. The summed E-state index contributed by atoms with van der Waals surface area (Å²) in [6.07, 6.45) is 5.55. The summed E-state index contributed by atoms with van der Waals surface area (Å²) in [6, 6.07) is 0.703. The van der Waals surface area contributed by atoms with Crippen LogP contribution in [0, 0.1) is 0 Å². The van der Waals surface area contributed by atoms with Gasteiger partial charge < -0.3 is 14.8 Å². The zero-order valence-electron chi connectivity index (χ0n) is 11.7. The first-order valence-corrected chi connectivity index (χ1v) is 7.11. The third-order valence-corrected chi connectivity index (χ3v) is 2.89. The molecule has 2 rings (SSSR count). The molecule has 1 aromatic rings. The van der Waals surface area contributed by atoms with E-state index in [1.807, 2.05) is 6.92 Å². The van der Waals surface area contributed by atoms with E-state index in [2.05, 4.69) is 27.2 Å². The number of nitrogens with zero attached hydrogens (tertiary/aromatic N) is 3. The highest BCUT2D eigenvalue weighted by atomic mass is 16.5. The zero-order chi connectivity index (χ0) is 13.5. The Morgan fingerprint density at radius 3 is 2.53 bits per heavy atom. The van der Waals surface area contributed by atoms with E-state index in [4.69, 9.17) is 9.47 Å². The Labute approximate surface area is 114 Å². The second-order valence-electron chi connectivity index (χ2n) is 4.67. The summed E-state index contributed by atoms with van der Waals surface area (Å²) in [4.78, 5) is 12.7. The van der Waals surface area contributed by atoms with Gasteiger partial charge in [-0.3, -0.25) is 0 Å². The van der Waals surface area contributed by atoms with Crippen LogP contribution in [0.15, 0.2) is 0 Å². The van der Waals surface area contributed by atoms with Crippen LogP contribution in [0.1, 0.15) is 46.0 Å². The molecule has 0 bridgehead atoms. The molecule has 1 aliphatic rings. The molecule has 0 amide bonds. The van der Waals surface area contributed by atoms with E-state index in [1.54, 1.807) is 0 Å². The molecule has 0 aromatic carbocycles. The van der Waals surface area contributed by atoms with Crippen LogP contribution >= 0.6 is 0 Å². The summed E-state index contributed by atoms with van der Waals surface area (Å²) >= 11 is 0. The van der Waals surface area contributed by atoms with Crippen molar-refractivity contribution < 1.29 is 9.47 Å². The largest absolute Gasteiger partial charge is 0.463 e. The van der Waals surface area contributed by atoms with Gasteiger partial charge in [0.25, 0.3) is 0 Å². The maximum Gasteiger partial charge on any atom is 0.324 e. The number of nitrogens with one attached hydrogen (secondary N) is 1. The lowest BCUT2D eigenvalue weighted by molar-refractivity contribution is 0.106. The second kappa shape index (κ2) is 7.11. The maximum atomic E-state index is 5.71. The van der Waals surface area contributed by atoms with Gasteiger partial charge >= 0.3 is 12.0 Å². The van der Waals surface area contributed by atoms with E-state index >= 15 is 0 Å². The quantitative estimate of drug-likeness (QED) is 0.779. The monoisotopic (exact) mass is 266 g/mol. The summed E-state index contributed by atoms with van der Waals surface area (Å²) in [5.74, 6) is 0.525. The number of hydrogen-bond acceptors (Lipinski definition) is 6. The Balaban J connectivity index is 2.05. The molecule has 1 N–H and O–H groups in total. The first-order valence-electron chi connectivity index (χ1n) is 7.11. The van der Waals surface area contributed by atoms with Crippen molar-refractivity contribution in [3.8, 4) is 12.0 Å². The van der Waals surface area contributed by atoms with Gasteiger partial charge in [0.15, 0.2) is 0 Å². The molecule has 0 saturated heterocycles. The maximum absolute atomic E-state index is 5.71. The highest BCUT2D eigenvalue weighted by Gasteiger charge is 2.21. The SMILES string of the molecule is CCCNc1nc(OCCC)nc(OC2CCC2)n1. The van der Waals surface area contributed by atoms with Crippen LogP contribution < -0.4 is 14.8 Å². The van der Waals surface area contributed by atoms with Crippen molar-refractivity contribution in [1.82, 2.24) is 15.0 Å². The molecule has 0 atom stereocenters. The molecule has 1 saturated carbocycles. The Kier molecular flexibility index (Phi) is 5.18. The lowest BCUT2D eigenvalue weighted by Crippen LogP contribution is -2.26. The van der Waals surface area contributed by atoms with Crippen molar-refractivity contribution in [2.24, 2.45) is 0 Å². The zero-order valence-corrected chi connectivity index (χ0v) is 11.7. The summed E-state index contributed by atoms with van der Waals surface area (Å²) in [5, 5.41) is 3.14. The Morgan fingerprint density at radius 1 is 1.11 bits per heavy atom. The molecule has 1 fully saturated rings. The lowest BCUT2D eigenvalue weighted by Gasteiger charge is -2.25. The van der Waals surface area contributed by atoms with Gasteiger partial charge in [0.05, 0.1) is 6.61 Å².